The lowest BCUT2D eigenvalue weighted by Crippen LogP contribution is -2.46. The molecule has 0 unspecified atom stereocenters. The van der Waals surface area contributed by atoms with Crippen LogP contribution in [0.3, 0.4) is 0 Å². The second-order valence-corrected chi connectivity index (χ2v) is 5.20. The van der Waals surface area contributed by atoms with Crippen LogP contribution in [0.25, 0.3) is 0 Å². The molecule has 0 spiro atoms. The fourth-order valence-corrected chi connectivity index (χ4v) is 1.57. The van der Waals surface area contributed by atoms with Gasteiger partial charge >= 0.3 is 12.0 Å². The Labute approximate surface area is 112 Å². The smallest absolute Gasteiger partial charge is 0.354 e. The van der Waals surface area contributed by atoms with Crippen molar-refractivity contribution in [2.24, 2.45) is 0 Å². The Morgan fingerprint density at radius 2 is 2.05 bits per heavy atom. The highest BCUT2D eigenvalue weighted by Crippen LogP contribution is 2.21. The molecule has 0 aromatic carbocycles. The van der Waals surface area contributed by atoms with Crippen molar-refractivity contribution in [1.82, 2.24) is 9.88 Å². The van der Waals surface area contributed by atoms with Gasteiger partial charge in [-0.25, -0.2) is 9.59 Å². The molecule has 2 amide bonds. The van der Waals surface area contributed by atoms with Crippen LogP contribution in [0.15, 0.2) is 6.07 Å². The molecule has 1 aromatic heterocycles. The minimum Gasteiger partial charge on any atom is -0.477 e. The molecule has 0 saturated carbocycles. The van der Waals surface area contributed by atoms with Gasteiger partial charge in [0.2, 0.25) is 0 Å². The van der Waals surface area contributed by atoms with Gasteiger partial charge in [0.25, 0.3) is 0 Å². The maximum atomic E-state index is 12.1. The van der Waals surface area contributed by atoms with E-state index in [9.17, 15) is 9.59 Å². The second kappa shape index (κ2) is 5.34. The van der Waals surface area contributed by atoms with Gasteiger partial charge in [-0.3, -0.25) is 0 Å². The summed E-state index contributed by atoms with van der Waals surface area (Å²) in [6.07, 6.45) is 0.800. The predicted octanol–water partition coefficient (Wildman–Crippen LogP) is 2.67. The number of amides is 2. The third-order valence-electron chi connectivity index (χ3n) is 3.49. The van der Waals surface area contributed by atoms with Crippen LogP contribution < -0.4 is 5.32 Å². The van der Waals surface area contributed by atoms with Gasteiger partial charge in [-0.15, -0.1) is 0 Å². The number of aromatic amines is 1. The van der Waals surface area contributed by atoms with Crippen molar-refractivity contribution in [2.75, 3.05) is 12.4 Å². The van der Waals surface area contributed by atoms with Crippen molar-refractivity contribution in [3.05, 3.63) is 17.5 Å². The maximum absolute atomic E-state index is 12.1. The average Bonchev–Trinajstić information content (AvgIpc) is 2.69. The van der Waals surface area contributed by atoms with Crippen LogP contribution in [0.5, 0.6) is 0 Å². The number of nitrogens with one attached hydrogen (secondary N) is 2. The number of aromatic carboxylic acids is 1. The maximum Gasteiger partial charge on any atom is 0.354 e. The van der Waals surface area contributed by atoms with E-state index in [2.05, 4.69) is 10.3 Å². The van der Waals surface area contributed by atoms with Gasteiger partial charge in [0, 0.05) is 18.3 Å². The summed E-state index contributed by atoms with van der Waals surface area (Å²) < 4.78 is 0. The SMILES string of the molecule is CCC(C)(C)N(C)C(=O)Nc1cc(C)[nH]c1C(=O)O. The molecule has 6 nitrogen and oxygen atoms in total. The first kappa shape index (κ1) is 15.1. The van der Waals surface area contributed by atoms with Crippen LogP contribution in [0.2, 0.25) is 0 Å². The van der Waals surface area contributed by atoms with E-state index in [1.165, 1.54) is 0 Å². The van der Waals surface area contributed by atoms with Crippen molar-refractivity contribution >= 4 is 17.7 Å². The van der Waals surface area contributed by atoms with Gasteiger partial charge in [0.1, 0.15) is 5.69 Å². The Morgan fingerprint density at radius 1 is 1.47 bits per heavy atom. The van der Waals surface area contributed by atoms with Crippen molar-refractivity contribution in [2.45, 2.75) is 39.7 Å². The van der Waals surface area contributed by atoms with Crippen molar-refractivity contribution in [3.8, 4) is 0 Å². The normalized spacial score (nSPS) is 11.2. The molecule has 106 valence electrons. The fraction of sp³-hybridized carbons (Fsp3) is 0.538. The molecule has 1 heterocycles. The van der Waals surface area contributed by atoms with E-state index in [1.54, 1.807) is 24.9 Å². The second-order valence-electron chi connectivity index (χ2n) is 5.20. The van der Waals surface area contributed by atoms with E-state index in [1.807, 2.05) is 20.8 Å². The quantitative estimate of drug-likeness (QED) is 0.784. The molecule has 1 aromatic rings. The summed E-state index contributed by atoms with van der Waals surface area (Å²) >= 11 is 0. The average molecular weight is 267 g/mol. The number of hydrogen-bond donors (Lipinski definition) is 3. The lowest BCUT2D eigenvalue weighted by atomic mass is 10.0. The zero-order valence-corrected chi connectivity index (χ0v) is 12.0. The monoisotopic (exact) mass is 267 g/mol. The van der Waals surface area contributed by atoms with E-state index in [-0.39, 0.29) is 23.0 Å². The molecule has 6 heteroatoms. The number of urea groups is 1. The summed E-state index contributed by atoms with van der Waals surface area (Å²) in [6, 6.07) is 1.28. The van der Waals surface area contributed by atoms with Crippen LogP contribution in [-0.4, -0.2) is 39.6 Å². The van der Waals surface area contributed by atoms with Gasteiger partial charge < -0.3 is 20.3 Å². The molecule has 0 saturated heterocycles. The summed E-state index contributed by atoms with van der Waals surface area (Å²) in [7, 11) is 1.69. The summed E-state index contributed by atoms with van der Waals surface area (Å²) in [5, 5.41) is 11.7. The van der Waals surface area contributed by atoms with Crippen LogP contribution in [0.4, 0.5) is 10.5 Å². The Bertz CT molecular complexity index is 491. The molecule has 0 aliphatic carbocycles. The van der Waals surface area contributed by atoms with E-state index in [0.29, 0.717) is 5.69 Å². The van der Waals surface area contributed by atoms with Gasteiger partial charge in [-0.05, 0) is 33.3 Å². The van der Waals surface area contributed by atoms with Gasteiger partial charge in [0.15, 0.2) is 0 Å². The predicted molar refractivity (Wildman–Crippen MR) is 73.6 cm³/mol. The molecule has 0 fully saturated rings. The van der Waals surface area contributed by atoms with Crippen LogP contribution in [0.1, 0.15) is 43.4 Å². The molecular weight excluding hydrogens is 246 g/mol. The summed E-state index contributed by atoms with van der Waals surface area (Å²) in [5.41, 5.74) is 0.672. The number of carboxylic acid groups (broad SMARTS) is 1. The van der Waals surface area contributed by atoms with Crippen LogP contribution >= 0.6 is 0 Å². The number of aryl methyl sites for hydroxylation is 1. The third kappa shape index (κ3) is 3.27. The first-order valence-corrected chi connectivity index (χ1v) is 6.16. The highest BCUT2D eigenvalue weighted by molar-refractivity contribution is 5.99. The first-order valence-electron chi connectivity index (χ1n) is 6.16. The number of carbonyl (C=O) groups is 2. The number of H-pyrrole nitrogens is 1. The zero-order chi connectivity index (χ0) is 14.8. The Balaban J connectivity index is 2.91. The lowest BCUT2D eigenvalue weighted by Gasteiger charge is -2.34. The Morgan fingerprint density at radius 3 is 2.53 bits per heavy atom. The van der Waals surface area contributed by atoms with E-state index in [0.717, 1.165) is 6.42 Å². The highest BCUT2D eigenvalue weighted by Gasteiger charge is 2.26. The molecule has 3 N–H and O–H groups in total. The number of carboxylic acids is 1. The molecule has 19 heavy (non-hydrogen) atoms. The van der Waals surface area contributed by atoms with Crippen LogP contribution in [-0.2, 0) is 0 Å². The molecule has 0 bridgehead atoms. The highest BCUT2D eigenvalue weighted by atomic mass is 16.4. The Kier molecular flexibility index (Phi) is 4.24. The third-order valence-corrected chi connectivity index (χ3v) is 3.49. The first-order chi connectivity index (χ1) is 8.69. The zero-order valence-electron chi connectivity index (χ0n) is 12.0. The molecule has 0 aliphatic rings. The summed E-state index contributed by atoms with van der Waals surface area (Å²) in [5.74, 6) is -1.10. The summed E-state index contributed by atoms with van der Waals surface area (Å²) in [4.78, 5) is 27.4. The Hall–Kier alpha value is -1.98. The van der Waals surface area contributed by atoms with Gasteiger partial charge in [0.05, 0.1) is 5.69 Å². The minimum absolute atomic E-state index is 0.00597. The molecule has 0 aliphatic heterocycles. The number of carbonyl (C=O) groups excluding carboxylic acids is 1. The largest absolute Gasteiger partial charge is 0.477 e. The van der Waals surface area contributed by atoms with E-state index >= 15 is 0 Å². The van der Waals surface area contributed by atoms with Gasteiger partial charge in [-0.1, -0.05) is 6.92 Å². The number of anilines is 1. The molecule has 0 atom stereocenters. The molecular formula is C13H21N3O3. The lowest BCUT2D eigenvalue weighted by molar-refractivity contribution is 0.0692. The van der Waals surface area contributed by atoms with Crippen LogP contribution in [0, 0.1) is 6.92 Å². The fourth-order valence-electron chi connectivity index (χ4n) is 1.57. The van der Waals surface area contributed by atoms with Crippen molar-refractivity contribution < 1.29 is 14.7 Å². The standard InChI is InChI=1S/C13H21N3O3/c1-6-13(3,4)16(5)12(19)15-9-7-8(2)14-10(9)11(17)18/h7,14H,6H2,1-5H3,(H,15,19)(H,17,18). The van der Waals surface area contributed by atoms with Gasteiger partial charge in [-0.2, -0.15) is 0 Å². The number of rotatable bonds is 4. The van der Waals surface area contributed by atoms with E-state index in [4.69, 9.17) is 5.11 Å². The molecule has 0 radical (unpaired) electrons. The number of nitrogens with zero attached hydrogens (tertiary/aromatic N) is 1. The summed E-state index contributed by atoms with van der Waals surface area (Å²) in [6.45, 7) is 7.63. The van der Waals surface area contributed by atoms with Crippen molar-refractivity contribution in [1.29, 1.82) is 0 Å². The number of aromatic nitrogens is 1. The van der Waals surface area contributed by atoms with E-state index < -0.39 is 5.97 Å². The topological polar surface area (TPSA) is 85.4 Å². The minimum atomic E-state index is -1.10. The van der Waals surface area contributed by atoms with Crippen molar-refractivity contribution in [3.63, 3.8) is 0 Å². The number of hydrogen-bond acceptors (Lipinski definition) is 2. The molecule has 1 rings (SSSR count).